The minimum Gasteiger partial charge on any atom is -0.477 e. The zero-order chi connectivity index (χ0) is 11.7. The van der Waals surface area contributed by atoms with E-state index in [2.05, 4.69) is 21.1 Å². The Morgan fingerprint density at radius 1 is 1.50 bits per heavy atom. The van der Waals surface area contributed by atoms with Crippen molar-refractivity contribution >= 4 is 27.7 Å². The van der Waals surface area contributed by atoms with Gasteiger partial charge in [0.2, 0.25) is 0 Å². The molecule has 5 nitrogen and oxygen atoms in total. The summed E-state index contributed by atoms with van der Waals surface area (Å²) >= 11 is 3.29. The van der Waals surface area contributed by atoms with Crippen molar-refractivity contribution in [3.05, 3.63) is 34.3 Å². The first kappa shape index (κ1) is 10.7. The number of anilines is 1. The molecule has 0 aliphatic rings. The van der Waals surface area contributed by atoms with Gasteiger partial charge in [-0.3, -0.25) is 0 Å². The van der Waals surface area contributed by atoms with E-state index in [0.29, 0.717) is 5.56 Å². The summed E-state index contributed by atoms with van der Waals surface area (Å²) in [4.78, 5) is 11.0. The van der Waals surface area contributed by atoms with Crippen LogP contribution in [0.5, 0.6) is 0 Å². The average molecular weight is 283 g/mol. The molecule has 1 heterocycles. The van der Waals surface area contributed by atoms with Crippen LogP contribution in [0.4, 0.5) is 5.82 Å². The molecule has 2 aromatic rings. The molecule has 1 aromatic carbocycles. The quantitative estimate of drug-likeness (QED) is 0.883. The van der Waals surface area contributed by atoms with Crippen LogP contribution in [0.2, 0.25) is 0 Å². The van der Waals surface area contributed by atoms with Crippen molar-refractivity contribution in [2.45, 2.75) is 0 Å². The molecular formula is C10H7BrN2O3. The molecule has 0 fully saturated rings. The maximum absolute atomic E-state index is 11.0. The first-order valence-electron chi connectivity index (χ1n) is 4.34. The van der Waals surface area contributed by atoms with Gasteiger partial charge < -0.3 is 15.4 Å². The van der Waals surface area contributed by atoms with E-state index in [0.717, 1.165) is 4.47 Å². The maximum atomic E-state index is 11.0. The SMILES string of the molecule is Nc1noc(-c2cccc(Br)c2)c1C(=O)O. The number of aromatic carboxylic acids is 1. The van der Waals surface area contributed by atoms with Crippen molar-refractivity contribution in [1.29, 1.82) is 0 Å². The van der Waals surface area contributed by atoms with Crippen molar-refractivity contribution in [3.63, 3.8) is 0 Å². The van der Waals surface area contributed by atoms with Crippen LogP contribution in [0, 0.1) is 0 Å². The van der Waals surface area contributed by atoms with E-state index in [4.69, 9.17) is 15.4 Å². The number of nitrogens with zero attached hydrogens (tertiary/aromatic N) is 1. The Morgan fingerprint density at radius 3 is 2.88 bits per heavy atom. The first-order valence-corrected chi connectivity index (χ1v) is 5.13. The molecule has 0 amide bonds. The van der Waals surface area contributed by atoms with Crippen LogP contribution in [-0.2, 0) is 0 Å². The largest absolute Gasteiger partial charge is 0.477 e. The summed E-state index contributed by atoms with van der Waals surface area (Å²) in [6.45, 7) is 0. The lowest BCUT2D eigenvalue weighted by Gasteiger charge is -1.98. The molecule has 0 bridgehead atoms. The Morgan fingerprint density at radius 2 is 2.25 bits per heavy atom. The predicted octanol–water partition coefficient (Wildman–Crippen LogP) is 2.38. The number of halogens is 1. The maximum Gasteiger partial charge on any atom is 0.343 e. The molecule has 0 atom stereocenters. The van der Waals surface area contributed by atoms with Crippen molar-refractivity contribution in [3.8, 4) is 11.3 Å². The van der Waals surface area contributed by atoms with Crippen molar-refractivity contribution < 1.29 is 14.4 Å². The highest BCUT2D eigenvalue weighted by Gasteiger charge is 2.21. The summed E-state index contributed by atoms with van der Waals surface area (Å²) < 4.78 is 5.74. The number of carbonyl (C=O) groups is 1. The van der Waals surface area contributed by atoms with Gasteiger partial charge in [-0.25, -0.2) is 4.79 Å². The summed E-state index contributed by atoms with van der Waals surface area (Å²) in [5.41, 5.74) is 5.91. The smallest absolute Gasteiger partial charge is 0.343 e. The third-order valence-electron chi connectivity index (χ3n) is 2.02. The van der Waals surface area contributed by atoms with Crippen LogP contribution in [0.1, 0.15) is 10.4 Å². The van der Waals surface area contributed by atoms with E-state index in [9.17, 15) is 4.79 Å². The summed E-state index contributed by atoms with van der Waals surface area (Å²) in [5, 5.41) is 12.4. The van der Waals surface area contributed by atoms with E-state index >= 15 is 0 Å². The molecule has 0 radical (unpaired) electrons. The van der Waals surface area contributed by atoms with E-state index in [1.165, 1.54) is 0 Å². The molecule has 0 saturated heterocycles. The summed E-state index contributed by atoms with van der Waals surface area (Å²) in [7, 11) is 0. The summed E-state index contributed by atoms with van der Waals surface area (Å²) in [5.74, 6) is -1.12. The highest BCUT2D eigenvalue weighted by atomic mass is 79.9. The minimum absolute atomic E-state index is 0.113. The molecule has 16 heavy (non-hydrogen) atoms. The first-order chi connectivity index (χ1) is 7.59. The molecule has 0 spiro atoms. The lowest BCUT2D eigenvalue weighted by molar-refractivity contribution is 0.0698. The van der Waals surface area contributed by atoms with E-state index < -0.39 is 5.97 Å². The van der Waals surface area contributed by atoms with Crippen molar-refractivity contribution in [1.82, 2.24) is 5.16 Å². The number of nitrogens with two attached hydrogens (primary N) is 1. The molecule has 0 saturated carbocycles. The van der Waals surface area contributed by atoms with E-state index in [1.54, 1.807) is 18.2 Å². The molecule has 3 N–H and O–H groups in total. The van der Waals surface area contributed by atoms with Gasteiger partial charge >= 0.3 is 5.97 Å². The Labute approximate surface area is 99.0 Å². The van der Waals surface area contributed by atoms with Gasteiger partial charge in [-0.2, -0.15) is 0 Å². The fourth-order valence-corrected chi connectivity index (χ4v) is 1.74. The predicted molar refractivity (Wildman–Crippen MR) is 61.0 cm³/mol. The van der Waals surface area contributed by atoms with Crippen LogP contribution in [-0.4, -0.2) is 16.2 Å². The Hall–Kier alpha value is -1.82. The van der Waals surface area contributed by atoms with Gasteiger partial charge in [0.25, 0.3) is 0 Å². The number of aromatic nitrogens is 1. The lowest BCUT2D eigenvalue weighted by Crippen LogP contribution is -2.01. The monoisotopic (exact) mass is 282 g/mol. The summed E-state index contributed by atoms with van der Waals surface area (Å²) in [6, 6.07) is 7.04. The topological polar surface area (TPSA) is 89.4 Å². The van der Waals surface area contributed by atoms with Gasteiger partial charge in [-0.1, -0.05) is 33.2 Å². The molecule has 6 heteroatoms. The molecule has 1 aromatic heterocycles. The van der Waals surface area contributed by atoms with Crippen LogP contribution in [0.15, 0.2) is 33.3 Å². The Bertz CT molecular complexity index is 551. The van der Waals surface area contributed by atoms with E-state index in [1.807, 2.05) is 6.07 Å². The van der Waals surface area contributed by atoms with Crippen molar-refractivity contribution in [2.24, 2.45) is 0 Å². The van der Waals surface area contributed by atoms with Crippen LogP contribution >= 0.6 is 15.9 Å². The molecule has 0 unspecified atom stereocenters. The number of hydrogen-bond acceptors (Lipinski definition) is 4. The summed E-state index contributed by atoms with van der Waals surface area (Å²) in [6.07, 6.45) is 0. The molecular weight excluding hydrogens is 276 g/mol. The Kier molecular flexibility index (Phi) is 2.66. The third-order valence-corrected chi connectivity index (χ3v) is 2.51. The second kappa shape index (κ2) is 3.97. The molecule has 82 valence electrons. The molecule has 0 aliphatic carbocycles. The lowest BCUT2D eigenvalue weighted by atomic mass is 10.1. The second-order valence-electron chi connectivity index (χ2n) is 3.09. The van der Waals surface area contributed by atoms with Gasteiger partial charge in [0, 0.05) is 10.0 Å². The van der Waals surface area contributed by atoms with E-state index in [-0.39, 0.29) is 17.1 Å². The van der Waals surface area contributed by atoms with Gasteiger partial charge in [-0.05, 0) is 12.1 Å². The van der Waals surface area contributed by atoms with Crippen molar-refractivity contribution in [2.75, 3.05) is 5.73 Å². The van der Waals surface area contributed by atoms with Crippen LogP contribution < -0.4 is 5.73 Å². The normalized spacial score (nSPS) is 10.3. The third kappa shape index (κ3) is 1.79. The number of benzene rings is 1. The van der Waals surface area contributed by atoms with Crippen LogP contribution in [0.3, 0.4) is 0 Å². The zero-order valence-corrected chi connectivity index (χ0v) is 9.56. The van der Waals surface area contributed by atoms with Gasteiger partial charge in [0.05, 0.1) is 0 Å². The number of nitrogen functional groups attached to an aromatic ring is 1. The number of hydrogen-bond donors (Lipinski definition) is 2. The van der Waals surface area contributed by atoms with Crippen LogP contribution in [0.25, 0.3) is 11.3 Å². The minimum atomic E-state index is -1.16. The number of carboxylic acid groups (broad SMARTS) is 1. The number of carboxylic acids is 1. The Balaban J connectivity index is 2.60. The highest BCUT2D eigenvalue weighted by molar-refractivity contribution is 9.10. The molecule has 0 aliphatic heterocycles. The zero-order valence-electron chi connectivity index (χ0n) is 7.98. The fourth-order valence-electron chi connectivity index (χ4n) is 1.34. The molecule has 2 rings (SSSR count). The van der Waals surface area contributed by atoms with Gasteiger partial charge in [0.1, 0.15) is 0 Å². The standard InChI is InChI=1S/C10H7BrN2O3/c11-6-3-1-2-5(4-6)8-7(10(14)15)9(12)13-16-8/h1-4H,(H2,12,13)(H,14,15). The van der Waals surface area contributed by atoms with Gasteiger partial charge in [0.15, 0.2) is 17.1 Å². The average Bonchev–Trinajstić information content (AvgIpc) is 2.60. The number of rotatable bonds is 2. The fraction of sp³-hybridized carbons (Fsp3) is 0. The van der Waals surface area contributed by atoms with Gasteiger partial charge in [-0.15, -0.1) is 0 Å². The highest BCUT2D eigenvalue weighted by Crippen LogP contribution is 2.29. The second-order valence-corrected chi connectivity index (χ2v) is 4.00.